The van der Waals surface area contributed by atoms with Crippen molar-refractivity contribution < 1.29 is 9.47 Å². The van der Waals surface area contributed by atoms with E-state index >= 15 is 0 Å². The maximum absolute atomic E-state index is 6.09. The summed E-state index contributed by atoms with van der Waals surface area (Å²) in [5.41, 5.74) is 0. The van der Waals surface area contributed by atoms with Crippen molar-refractivity contribution in [2.45, 2.75) is 97.8 Å². The molecule has 4 atom stereocenters. The predicted octanol–water partition coefficient (Wildman–Crippen LogP) is 7.04. The van der Waals surface area contributed by atoms with Crippen molar-refractivity contribution in [3.63, 3.8) is 0 Å². The molecule has 0 N–H and O–H groups in total. The molecule has 0 aliphatic heterocycles. The molecule has 0 heterocycles. The van der Waals surface area contributed by atoms with E-state index < -0.39 is 0 Å². The molecule has 0 saturated heterocycles. The third-order valence-electron chi connectivity index (χ3n) is 4.63. The van der Waals surface area contributed by atoms with E-state index in [9.17, 15) is 0 Å². The Morgan fingerprint density at radius 1 is 0.708 bits per heavy atom. The van der Waals surface area contributed by atoms with Gasteiger partial charge in [0.25, 0.3) is 0 Å². The minimum atomic E-state index is 0.302. The standard InChI is InChI=1S/C21H43ClO2/c1-6-7-8-9-12-23-17-24-13-10-11-18(2)14-19(3)15-20(4)16-21(5)22/h18-21H,6-17H2,1-5H3. The number of unbranched alkanes of at least 4 members (excludes halogenated alkanes) is 3. The lowest BCUT2D eigenvalue weighted by molar-refractivity contribution is -0.0561. The third-order valence-corrected chi connectivity index (χ3v) is 4.81. The van der Waals surface area contributed by atoms with Gasteiger partial charge in [-0.3, -0.25) is 0 Å². The molecule has 2 nitrogen and oxygen atoms in total. The van der Waals surface area contributed by atoms with Gasteiger partial charge in [0.1, 0.15) is 6.79 Å². The Balaban J connectivity index is 3.44. The summed E-state index contributed by atoms with van der Waals surface area (Å²) in [6, 6.07) is 0. The van der Waals surface area contributed by atoms with E-state index in [2.05, 4.69) is 34.6 Å². The Kier molecular flexibility index (Phi) is 16.8. The maximum Gasteiger partial charge on any atom is 0.146 e. The molecule has 0 fully saturated rings. The summed E-state index contributed by atoms with van der Waals surface area (Å²) in [6.45, 7) is 13.5. The van der Waals surface area contributed by atoms with Crippen molar-refractivity contribution in [3.05, 3.63) is 0 Å². The van der Waals surface area contributed by atoms with E-state index in [4.69, 9.17) is 21.1 Å². The summed E-state index contributed by atoms with van der Waals surface area (Å²) >= 11 is 6.09. The van der Waals surface area contributed by atoms with Gasteiger partial charge in [-0.1, -0.05) is 47.0 Å². The quantitative estimate of drug-likeness (QED) is 0.157. The molecule has 3 heteroatoms. The van der Waals surface area contributed by atoms with Gasteiger partial charge in [-0.15, -0.1) is 11.6 Å². The highest BCUT2D eigenvalue weighted by molar-refractivity contribution is 6.20. The number of rotatable bonds is 17. The minimum Gasteiger partial charge on any atom is -0.355 e. The molecule has 0 aromatic rings. The fraction of sp³-hybridized carbons (Fsp3) is 1.00. The van der Waals surface area contributed by atoms with Crippen LogP contribution < -0.4 is 0 Å². The van der Waals surface area contributed by atoms with Crippen LogP contribution in [0.2, 0.25) is 0 Å². The van der Waals surface area contributed by atoms with Crippen molar-refractivity contribution in [3.8, 4) is 0 Å². The van der Waals surface area contributed by atoms with Crippen LogP contribution in [0.5, 0.6) is 0 Å². The van der Waals surface area contributed by atoms with Gasteiger partial charge >= 0.3 is 0 Å². The number of hydrogen-bond acceptors (Lipinski definition) is 2. The molecule has 0 bridgehead atoms. The van der Waals surface area contributed by atoms with Crippen molar-refractivity contribution >= 4 is 11.6 Å². The molecule has 0 rings (SSSR count). The van der Waals surface area contributed by atoms with Crippen LogP contribution in [0.3, 0.4) is 0 Å². The highest BCUT2D eigenvalue weighted by Gasteiger charge is 2.14. The lowest BCUT2D eigenvalue weighted by atomic mass is 9.86. The minimum absolute atomic E-state index is 0.302. The van der Waals surface area contributed by atoms with Gasteiger partial charge in [0.15, 0.2) is 0 Å². The van der Waals surface area contributed by atoms with E-state index in [-0.39, 0.29) is 0 Å². The van der Waals surface area contributed by atoms with Crippen LogP contribution in [-0.4, -0.2) is 25.4 Å². The van der Waals surface area contributed by atoms with Gasteiger partial charge in [-0.2, -0.15) is 0 Å². The summed E-state index contributed by atoms with van der Waals surface area (Å²) < 4.78 is 11.1. The molecule has 0 aromatic carbocycles. The smallest absolute Gasteiger partial charge is 0.146 e. The van der Waals surface area contributed by atoms with E-state index in [0.717, 1.165) is 50.2 Å². The molecule has 0 spiro atoms. The Bertz CT molecular complexity index is 258. The summed E-state index contributed by atoms with van der Waals surface area (Å²) in [7, 11) is 0. The number of alkyl halides is 1. The van der Waals surface area contributed by atoms with Crippen LogP contribution in [-0.2, 0) is 9.47 Å². The lowest BCUT2D eigenvalue weighted by Gasteiger charge is -2.21. The second-order valence-electron chi connectivity index (χ2n) is 7.94. The highest BCUT2D eigenvalue weighted by Crippen LogP contribution is 2.25. The monoisotopic (exact) mass is 362 g/mol. The van der Waals surface area contributed by atoms with Crippen molar-refractivity contribution in [2.75, 3.05) is 20.0 Å². The molecular weight excluding hydrogens is 320 g/mol. The first-order chi connectivity index (χ1) is 11.5. The highest BCUT2D eigenvalue weighted by atomic mass is 35.5. The van der Waals surface area contributed by atoms with Crippen molar-refractivity contribution in [1.82, 2.24) is 0 Å². The van der Waals surface area contributed by atoms with E-state index in [1.807, 2.05) is 0 Å². The largest absolute Gasteiger partial charge is 0.355 e. The second kappa shape index (κ2) is 16.7. The van der Waals surface area contributed by atoms with Crippen molar-refractivity contribution in [1.29, 1.82) is 0 Å². The molecule has 0 aliphatic carbocycles. The van der Waals surface area contributed by atoms with Crippen LogP contribution in [0, 0.1) is 17.8 Å². The molecular formula is C21H43ClO2. The summed E-state index contributed by atoms with van der Waals surface area (Å²) in [4.78, 5) is 0. The fourth-order valence-electron chi connectivity index (χ4n) is 3.58. The zero-order valence-corrected chi connectivity index (χ0v) is 17.7. The van der Waals surface area contributed by atoms with Gasteiger partial charge < -0.3 is 9.47 Å². The number of ether oxygens (including phenoxy) is 2. The SMILES string of the molecule is CCCCCCOCOCCCC(C)CC(C)CC(C)CC(C)Cl. The predicted molar refractivity (Wildman–Crippen MR) is 107 cm³/mol. The molecule has 146 valence electrons. The number of halogens is 1. The normalized spacial score (nSPS) is 16.8. The van der Waals surface area contributed by atoms with Crippen LogP contribution in [0.4, 0.5) is 0 Å². The van der Waals surface area contributed by atoms with E-state index in [1.165, 1.54) is 38.5 Å². The van der Waals surface area contributed by atoms with E-state index in [0.29, 0.717) is 12.2 Å². The first kappa shape index (κ1) is 24.2. The topological polar surface area (TPSA) is 18.5 Å². The summed E-state index contributed by atoms with van der Waals surface area (Å²) in [6.07, 6.45) is 11.2. The first-order valence-corrected chi connectivity index (χ1v) is 10.7. The van der Waals surface area contributed by atoms with Gasteiger partial charge in [0, 0.05) is 18.6 Å². The zero-order chi connectivity index (χ0) is 18.2. The summed E-state index contributed by atoms with van der Waals surface area (Å²) in [5.74, 6) is 2.30. The van der Waals surface area contributed by atoms with Gasteiger partial charge in [-0.05, 0) is 63.2 Å². The Morgan fingerprint density at radius 3 is 1.92 bits per heavy atom. The third kappa shape index (κ3) is 17.0. The van der Waals surface area contributed by atoms with Gasteiger partial charge in [-0.25, -0.2) is 0 Å². The summed E-state index contributed by atoms with van der Waals surface area (Å²) in [5, 5.41) is 0.302. The number of hydrogen-bond donors (Lipinski definition) is 0. The average Bonchev–Trinajstić information content (AvgIpc) is 2.47. The Labute approximate surface area is 157 Å². The molecule has 0 radical (unpaired) electrons. The lowest BCUT2D eigenvalue weighted by Crippen LogP contribution is -2.11. The van der Waals surface area contributed by atoms with Crippen LogP contribution >= 0.6 is 11.6 Å². The zero-order valence-electron chi connectivity index (χ0n) is 17.0. The second-order valence-corrected chi connectivity index (χ2v) is 8.69. The van der Waals surface area contributed by atoms with Gasteiger partial charge in [0.2, 0.25) is 0 Å². The molecule has 0 saturated carbocycles. The van der Waals surface area contributed by atoms with E-state index in [1.54, 1.807) is 0 Å². The Morgan fingerprint density at radius 2 is 1.29 bits per heavy atom. The van der Waals surface area contributed by atoms with Crippen LogP contribution in [0.25, 0.3) is 0 Å². The van der Waals surface area contributed by atoms with Crippen LogP contribution in [0.15, 0.2) is 0 Å². The average molecular weight is 363 g/mol. The Hall–Kier alpha value is 0.210. The maximum atomic E-state index is 6.09. The van der Waals surface area contributed by atoms with Crippen molar-refractivity contribution in [2.24, 2.45) is 17.8 Å². The molecule has 0 aromatic heterocycles. The molecule has 0 aliphatic rings. The molecule has 4 unspecified atom stereocenters. The first-order valence-electron chi connectivity index (χ1n) is 10.2. The molecule has 0 amide bonds. The molecule has 24 heavy (non-hydrogen) atoms. The fourth-order valence-corrected chi connectivity index (χ4v) is 3.88. The van der Waals surface area contributed by atoms with Crippen LogP contribution in [0.1, 0.15) is 92.4 Å². The van der Waals surface area contributed by atoms with Gasteiger partial charge in [0.05, 0.1) is 0 Å².